The topological polar surface area (TPSA) is 34.1 Å². The molecule has 0 bridgehead atoms. The molecule has 1 aliphatic carbocycles. The summed E-state index contributed by atoms with van der Waals surface area (Å²) in [6.07, 6.45) is 6.67. The van der Waals surface area contributed by atoms with Crippen molar-refractivity contribution in [2.45, 2.75) is 53.9 Å². The summed E-state index contributed by atoms with van der Waals surface area (Å²) in [4.78, 5) is 25.1. The Morgan fingerprint density at radius 1 is 1.13 bits per heavy atom. The van der Waals surface area contributed by atoms with E-state index in [0.717, 1.165) is 30.4 Å². The van der Waals surface area contributed by atoms with Gasteiger partial charge in [0.05, 0.1) is 0 Å². The van der Waals surface area contributed by atoms with Crippen LogP contribution in [0.1, 0.15) is 68.1 Å². The van der Waals surface area contributed by atoms with Gasteiger partial charge in [-0.3, -0.25) is 9.59 Å². The van der Waals surface area contributed by atoms with E-state index in [2.05, 4.69) is 32.9 Å². The molecule has 2 nitrogen and oxygen atoms in total. The van der Waals surface area contributed by atoms with Crippen LogP contribution in [-0.2, 0) is 17.6 Å². The molecule has 2 rings (SSSR count). The number of allylic oxidation sites excluding steroid dienone is 3. The predicted octanol–water partition coefficient (Wildman–Crippen LogP) is 4.95. The van der Waals surface area contributed by atoms with E-state index in [1.54, 1.807) is 0 Å². The maximum atomic E-state index is 12.7. The Balaban J connectivity index is 2.56. The second kappa shape index (κ2) is 7.08. The fraction of sp³-hybridized carbons (Fsp3) is 0.429. The highest BCUT2D eigenvalue weighted by Gasteiger charge is 2.31. The Kier molecular flexibility index (Phi) is 5.35. The van der Waals surface area contributed by atoms with Crippen LogP contribution in [0.5, 0.6) is 0 Å². The number of ketones is 2. The van der Waals surface area contributed by atoms with Gasteiger partial charge in [-0.25, -0.2) is 0 Å². The number of hydrogen-bond donors (Lipinski definition) is 0. The average molecular weight is 310 g/mol. The molecule has 0 saturated carbocycles. The molecule has 0 atom stereocenters. The van der Waals surface area contributed by atoms with E-state index in [4.69, 9.17) is 0 Å². The lowest BCUT2D eigenvalue weighted by atomic mass is 9.80. The maximum absolute atomic E-state index is 12.7. The number of fused-ring (bicyclic) bond motifs is 1. The van der Waals surface area contributed by atoms with Crippen LogP contribution in [0, 0.1) is 5.92 Å². The Morgan fingerprint density at radius 2 is 1.83 bits per heavy atom. The zero-order valence-corrected chi connectivity index (χ0v) is 14.8. The van der Waals surface area contributed by atoms with Gasteiger partial charge >= 0.3 is 0 Å². The van der Waals surface area contributed by atoms with E-state index < -0.39 is 0 Å². The third-order valence-corrected chi connectivity index (χ3v) is 4.40. The number of Topliss-reactive ketones (excluding diaryl/α,β-unsaturated/α-hetero) is 2. The van der Waals surface area contributed by atoms with Gasteiger partial charge in [-0.05, 0) is 61.8 Å². The zero-order valence-electron chi connectivity index (χ0n) is 14.8. The minimum atomic E-state index is -0.329. The number of carbonyl (C=O) groups is 2. The van der Waals surface area contributed by atoms with Gasteiger partial charge in [0.15, 0.2) is 0 Å². The van der Waals surface area contributed by atoms with Crippen molar-refractivity contribution < 1.29 is 9.59 Å². The predicted molar refractivity (Wildman–Crippen MR) is 95.7 cm³/mol. The summed E-state index contributed by atoms with van der Waals surface area (Å²) in [5.41, 5.74) is 5.68. The monoisotopic (exact) mass is 310 g/mol. The molecule has 0 aromatic heterocycles. The molecule has 0 fully saturated rings. The quantitative estimate of drug-likeness (QED) is 0.569. The van der Waals surface area contributed by atoms with Gasteiger partial charge < -0.3 is 0 Å². The van der Waals surface area contributed by atoms with Crippen molar-refractivity contribution in [2.75, 3.05) is 0 Å². The molecule has 0 N–H and O–H groups in total. The second-order valence-corrected chi connectivity index (χ2v) is 6.75. The molecule has 0 aliphatic heterocycles. The summed E-state index contributed by atoms with van der Waals surface area (Å²) >= 11 is 0. The van der Waals surface area contributed by atoms with Gasteiger partial charge in [0.2, 0.25) is 11.6 Å². The van der Waals surface area contributed by atoms with Crippen LogP contribution in [0.15, 0.2) is 29.4 Å². The lowest BCUT2D eigenvalue weighted by molar-refractivity contribution is -0.112. The fourth-order valence-electron chi connectivity index (χ4n) is 3.13. The van der Waals surface area contributed by atoms with E-state index in [-0.39, 0.29) is 17.5 Å². The molecule has 1 aromatic carbocycles. The van der Waals surface area contributed by atoms with Crippen molar-refractivity contribution in [3.63, 3.8) is 0 Å². The summed E-state index contributed by atoms with van der Waals surface area (Å²) in [5.74, 6) is -0.586. The van der Waals surface area contributed by atoms with Crippen molar-refractivity contribution in [1.29, 1.82) is 0 Å². The molecule has 0 spiro atoms. The Morgan fingerprint density at radius 3 is 2.39 bits per heavy atom. The first kappa shape index (κ1) is 17.4. The second-order valence-electron chi connectivity index (χ2n) is 6.75. The van der Waals surface area contributed by atoms with Crippen LogP contribution in [0.2, 0.25) is 0 Å². The maximum Gasteiger partial charge on any atom is 0.234 e. The molecular formula is C21H26O2. The standard InChI is InChI=1S/C21H26O2/c1-6-15-10-11-16-12-18(14(4)5)20(22)21(23)19(16)17(15)9-7-8-13(2)3/h8,10-12,14H,6-7,9H2,1-5H3. The van der Waals surface area contributed by atoms with Crippen LogP contribution in [0.25, 0.3) is 6.08 Å². The van der Waals surface area contributed by atoms with Gasteiger partial charge in [-0.1, -0.05) is 44.6 Å². The van der Waals surface area contributed by atoms with Crippen LogP contribution < -0.4 is 0 Å². The molecule has 1 aromatic rings. The van der Waals surface area contributed by atoms with Gasteiger partial charge in [0.25, 0.3) is 0 Å². The van der Waals surface area contributed by atoms with E-state index in [1.165, 1.54) is 11.1 Å². The number of hydrogen-bond acceptors (Lipinski definition) is 2. The third kappa shape index (κ3) is 3.52. The number of carbonyl (C=O) groups excluding carboxylic acids is 2. The molecule has 1 aliphatic rings. The van der Waals surface area contributed by atoms with Crippen LogP contribution in [0.4, 0.5) is 0 Å². The molecule has 0 amide bonds. The van der Waals surface area contributed by atoms with E-state index in [1.807, 2.05) is 26.0 Å². The highest BCUT2D eigenvalue weighted by molar-refractivity contribution is 6.52. The first-order valence-corrected chi connectivity index (χ1v) is 8.45. The molecule has 0 heterocycles. The zero-order chi connectivity index (χ0) is 17.1. The summed E-state index contributed by atoms with van der Waals surface area (Å²) in [5, 5.41) is 0. The molecular weight excluding hydrogens is 284 g/mol. The molecule has 0 saturated heterocycles. The van der Waals surface area contributed by atoms with Crippen LogP contribution in [0.3, 0.4) is 0 Å². The third-order valence-electron chi connectivity index (χ3n) is 4.40. The molecule has 2 heteroatoms. The number of aryl methyl sites for hydroxylation is 1. The van der Waals surface area contributed by atoms with Crippen molar-refractivity contribution in [3.05, 3.63) is 51.6 Å². The average Bonchev–Trinajstić information content (AvgIpc) is 2.49. The van der Waals surface area contributed by atoms with Gasteiger partial charge in [-0.15, -0.1) is 0 Å². The Hall–Kier alpha value is -1.96. The number of rotatable bonds is 5. The van der Waals surface area contributed by atoms with Crippen LogP contribution in [-0.4, -0.2) is 11.6 Å². The van der Waals surface area contributed by atoms with Crippen molar-refractivity contribution in [2.24, 2.45) is 5.92 Å². The van der Waals surface area contributed by atoms with Gasteiger partial charge in [0.1, 0.15) is 0 Å². The Bertz CT molecular complexity index is 699. The first-order chi connectivity index (χ1) is 10.9. The molecule has 0 radical (unpaired) electrons. The van der Waals surface area contributed by atoms with Crippen molar-refractivity contribution in [1.82, 2.24) is 0 Å². The van der Waals surface area contributed by atoms with Gasteiger partial charge in [-0.2, -0.15) is 0 Å². The summed E-state index contributed by atoms with van der Waals surface area (Å²) in [6.45, 7) is 10.2. The lowest BCUT2D eigenvalue weighted by Crippen LogP contribution is -2.26. The summed E-state index contributed by atoms with van der Waals surface area (Å²) in [6, 6.07) is 4.10. The van der Waals surface area contributed by atoms with Crippen molar-refractivity contribution in [3.8, 4) is 0 Å². The van der Waals surface area contributed by atoms with E-state index in [9.17, 15) is 9.59 Å². The highest BCUT2D eigenvalue weighted by atomic mass is 16.2. The fourth-order valence-corrected chi connectivity index (χ4v) is 3.13. The molecule has 0 unspecified atom stereocenters. The van der Waals surface area contributed by atoms with E-state index in [0.29, 0.717) is 11.1 Å². The highest BCUT2D eigenvalue weighted by Crippen LogP contribution is 2.31. The molecule has 122 valence electrons. The van der Waals surface area contributed by atoms with Gasteiger partial charge in [0, 0.05) is 11.1 Å². The SMILES string of the molecule is CCc1ccc2c(c1CCC=C(C)C)C(=O)C(=O)C(C(C)C)=C2. The summed E-state index contributed by atoms with van der Waals surface area (Å²) in [7, 11) is 0. The van der Waals surface area contributed by atoms with E-state index >= 15 is 0 Å². The largest absolute Gasteiger partial charge is 0.285 e. The molecule has 23 heavy (non-hydrogen) atoms. The lowest BCUT2D eigenvalue weighted by Gasteiger charge is -2.21. The number of benzene rings is 1. The van der Waals surface area contributed by atoms with Crippen molar-refractivity contribution >= 4 is 17.6 Å². The smallest absolute Gasteiger partial charge is 0.234 e. The normalized spacial score (nSPS) is 13.9. The first-order valence-electron chi connectivity index (χ1n) is 8.45. The Labute approximate surface area is 139 Å². The summed E-state index contributed by atoms with van der Waals surface area (Å²) < 4.78 is 0. The minimum absolute atomic E-state index is 0.0691. The minimum Gasteiger partial charge on any atom is -0.285 e. The van der Waals surface area contributed by atoms with Crippen LogP contribution >= 0.6 is 0 Å².